The van der Waals surface area contributed by atoms with Crippen LogP contribution in [0.15, 0.2) is 54.7 Å². The fourth-order valence-corrected chi connectivity index (χ4v) is 5.12. The fourth-order valence-electron chi connectivity index (χ4n) is 4.88. The van der Waals surface area contributed by atoms with Gasteiger partial charge in [-0.2, -0.15) is 0 Å². The zero-order valence-electron chi connectivity index (χ0n) is 20.5. The highest BCUT2D eigenvalue weighted by Crippen LogP contribution is 2.49. The third kappa shape index (κ3) is 4.35. The quantitative estimate of drug-likeness (QED) is 0.307. The van der Waals surface area contributed by atoms with Gasteiger partial charge in [0.15, 0.2) is 0 Å². The number of benzene rings is 2. The molecule has 3 heterocycles. The van der Waals surface area contributed by atoms with Crippen molar-refractivity contribution in [3.8, 4) is 0 Å². The molecule has 2 fully saturated rings. The van der Waals surface area contributed by atoms with Gasteiger partial charge in [-0.25, -0.2) is 4.39 Å². The fraction of sp³-hybridized carbons (Fsp3) is 0.321. The van der Waals surface area contributed by atoms with Crippen molar-refractivity contribution >= 4 is 35.0 Å². The van der Waals surface area contributed by atoms with E-state index in [0.717, 1.165) is 12.8 Å². The van der Waals surface area contributed by atoms with E-state index in [4.69, 9.17) is 32.7 Å². The number of aromatic nitrogens is 1. The zero-order chi connectivity index (χ0) is 26.7. The summed E-state index contributed by atoms with van der Waals surface area (Å²) < 4.78 is 28.1. The number of ether oxygens (including phenoxy) is 2. The predicted octanol–water partition coefficient (Wildman–Crippen LogP) is 5.13. The van der Waals surface area contributed by atoms with Crippen LogP contribution in [0.2, 0.25) is 10.0 Å². The first-order valence-corrected chi connectivity index (χ1v) is 13.1. The van der Waals surface area contributed by atoms with Crippen molar-refractivity contribution in [1.82, 2.24) is 15.2 Å². The second-order valence-corrected chi connectivity index (χ2v) is 10.9. The van der Waals surface area contributed by atoms with Gasteiger partial charge in [0.25, 0.3) is 5.91 Å². The highest BCUT2D eigenvalue weighted by atomic mass is 35.5. The summed E-state index contributed by atoms with van der Waals surface area (Å²) in [5.74, 6) is -1.24. The molecule has 1 aromatic heterocycles. The summed E-state index contributed by atoms with van der Waals surface area (Å²) >= 11 is 12.2. The number of hydrogen-bond donors (Lipinski definition) is 1. The van der Waals surface area contributed by atoms with Crippen molar-refractivity contribution in [2.45, 2.75) is 37.6 Å². The number of rotatable bonds is 8. The molecular formula is C28H24Cl2FN3O4. The van der Waals surface area contributed by atoms with Crippen LogP contribution in [0.5, 0.6) is 0 Å². The minimum atomic E-state index is -1.71. The Labute approximate surface area is 228 Å². The molecule has 0 radical (unpaired) electrons. The number of pyridine rings is 1. The summed E-state index contributed by atoms with van der Waals surface area (Å²) in [5.41, 5.74) is -0.559. The van der Waals surface area contributed by atoms with Crippen molar-refractivity contribution in [1.29, 1.82) is 0 Å². The van der Waals surface area contributed by atoms with E-state index in [9.17, 15) is 9.59 Å². The van der Waals surface area contributed by atoms with Crippen LogP contribution in [0.3, 0.4) is 0 Å². The molecule has 2 amide bonds. The number of carbonyl (C=O) groups is 2. The molecule has 1 unspecified atom stereocenters. The zero-order valence-corrected chi connectivity index (χ0v) is 22.0. The smallest absolute Gasteiger partial charge is 0.257 e. The third-order valence-electron chi connectivity index (χ3n) is 7.29. The predicted molar refractivity (Wildman–Crippen MR) is 138 cm³/mol. The number of carbonyl (C=O) groups excluding carboxylic acids is 2. The van der Waals surface area contributed by atoms with Crippen molar-refractivity contribution in [3.63, 3.8) is 0 Å². The lowest BCUT2D eigenvalue weighted by molar-refractivity contribution is -0.137. The van der Waals surface area contributed by atoms with Crippen LogP contribution in [-0.2, 0) is 32.1 Å². The molecule has 1 saturated heterocycles. The standard InChI is InChI=1S/C28H24Cl2FN3O4/c1-27(14-37-27)18-10-22-24(23(31)11-18)28(17-4-6-19(29)7-5-17,38-15-33-25(35)16-2-3-16)34(26(22)36)13-21-9-8-20(30)12-32-21/h4-12,16H,2-3,13-15H2,1H3,(H,33,35)/t27?,28-/m1/s1. The Kier molecular flexibility index (Phi) is 6.18. The van der Waals surface area contributed by atoms with Gasteiger partial charge in [-0.1, -0.05) is 35.3 Å². The van der Waals surface area contributed by atoms with Crippen LogP contribution >= 0.6 is 23.2 Å². The van der Waals surface area contributed by atoms with E-state index < -0.39 is 23.1 Å². The van der Waals surface area contributed by atoms with Gasteiger partial charge in [0.1, 0.15) is 18.1 Å². The average Bonchev–Trinajstić information content (AvgIpc) is 3.83. The van der Waals surface area contributed by atoms with E-state index in [0.29, 0.717) is 33.5 Å². The molecule has 2 aromatic carbocycles. The van der Waals surface area contributed by atoms with Crippen molar-refractivity contribution in [2.75, 3.05) is 13.3 Å². The molecule has 1 saturated carbocycles. The molecule has 7 nitrogen and oxygen atoms in total. The maximum absolute atomic E-state index is 16.2. The molecule has 10 heteroatoms. The first-order chi connectivity index (χ1) is 18.2. The minimum Gasteiger partial charge on any atom is -0.365 e. The monoisotopic (exact) mass is 555 g/mol. The van der Waals surface area contributed by atoms with E-state index >= 15 is 4.39 Å². The van der Waals surface area contributed by atoms with Gasteiger partial charge >= 0.3 is 0 Å². The number of fused-ring (bicyclic) bond motifs is 1. The Balaban J connectivity index is 1.50. The number of epoxide rings is 1. The van der Waals surface area contributed by atoms with E-state index in [1.807, 2.05) is 6.92 Å². The van der Waals surface area contributed by atoms with Crippen molar-refractivity contribution in [3.05, 3.63) is 98.5 Å². The van der Waals surface area contributed by atoms with Crippen LogP contribution in [0.25, 0.3) is 0 Å². The molecule has 3 aromatic rings. The van der Waals surface area contributed by atoms with E-state index in [1.54, 1.807) is 42.5 Å². The summed E-state index contributed by atoms with van der Waals surface area (Å²) in [7, 11) is 0. The SMILES string of the molecule is CC1(c2cc(F)c3c(c2)C(=O)N(Cc2ccc(Cl)cn2)[C@@]3(OCNC(=O)C2CC2)c2ccc(Cl)cc2)CO1. The summed E-state index contributed by atoms with van der Waals surface area (Å²) in [6.45, 7) is 2.03. The van der Waals surface area contributed by atoms with Crippen molar-refractivity contribution < 1.29 is 23.5 Å². The van der Waals surface area contributed by atoms with Crippen LogP contribution < -0.4 is 5.32 Å². The highest BCUT2D eigenvalue weighted by molar-refractivity contribution is 6.30. The molecule has 0 bridgehead atoms. The highest BCUT2D eigenvalue weighted by Gasteiger charge is 2.55. The molecule has 6 rings (SSSR count). The first kappa shape index (κ1) is 25.2. The van der Waals surface area contributed by atoms with E-state index in [2.05, 4.69) is 10.3 Å². The van der Waals surface area contributed by atoms with Gasteiger partial charge in [-0.15, -0.1) is 0 Å². The summed E-state index contributed by atoms with van der Waals surface area (Å²) in [6.07, 6.45) is 3.12. The van der Waals surface area contributed by atoms with Crippen LogP contribution in [-0.4, -0.2) is 35.0 Å². The van der Waals surface area contributed by atoms with Gasteiger partial charge in [-0.05, 0) is 61.7 Å². The molecule has 2 atom stereocenters. The molecule has 3 aliphatic rings. The Hall–Kier alpha value is -3.04. The van der Waals surface area contributed by atoms with Gasteiger partial charge in [0.05, 0.1) is 35.0 Å². The molecule has 0 spiro atoms. The van der Waals surface area contributed by atoms with Gasteiger partial charge in [-0.3, -0.25) is 19.5 Å². The second-order valence-electron chi connectivity index (χ2n) is 10.0. The lowest BCUT2D eigenvalue weighted by atomic mass is 9.89. The normalized spacial score (nSPS) is 23.9. The molecule has 1 N–H and O–H groups in total. The van der Waals surface area contributed by atoms with Gasteiger partial charge < -0.3 is 14.8 Å². The maximum Gasteiger partial charge on any atom is 0.257 e. The topological polar surface area (TPSA) is 84.1 Å². The lowest BCUT2D eigenvalue weighted by Crippen LogP contribution is -2.49. The Morgan fingerprint density at radius 2 is 1.87 bits per heavy atom. The van der Waals surface area contributed by atoms with Crippen LogP contribution in [0.4, 0.5) is 4.39 Å². The first-order valence-electron chi connectivity index (χ1n) is 12.3. The average molecular weight is 556 g/mol. The van der Waals surface area contributed by atoms with E-state index in [-0.39, 0.29) is 36.2 Å². The second kappa shape index (κ2) is 9.31. The van der Waals surface area contributed by atoms with Crippen LogP contribution in [0, 0.1) is 11.7 Å². The molecule has 2 aliphatic heterocycles. The largest absolute Gasteiger partial charge is 0.365 e. The van der Waals surface area contributed by atoms with E-state index in [1.165, 1.54) is 17.2 Å². The summed E-state index contributed by atoms with van der Waals surface area (Å²) in [6, 6.07) is 13.1. The number of hydrogen-bond acceptors (Lipinski definition) is 5. The number of halogens is 3. The third-order valence-corrected chi connectivity index (χ3v) is 7.77. The maximum atomic E-state index is 16.2. The number of amides is 2. The van der Waals surface area contributed by atoms with Gasteiger partial charge in [0.2, 0.25) is 11.6 Å². The molecular weight excluding hydrogens is 532 g/mol. The lowest BCUT2D eigenvalue weighted by Gasteiger charge is -2.39. The molecule has 1 aliphatic carbocycles. The summed E-state index contributed by atoms with van der Waals surface area (Å²) in [5, 5.41) is 3.69. The van der Waals surface area contributed by atoms with Crippen LogP contribution in [0.1, 0.15) is 52.5 Å². The molecule has 196 valence electrons. The van der Waals surface area contributed by atoms with Gasteiger partial charge in [0, 0.05) is 22.7 Å². The van der Waals surface area contributed by atoms with Crippen molar-refractivity contribution in [2.24, 2.45) is 5.92 Å². The Morgan fingerprint density at radius 3 is 2.50 bits per heavy atom. The Morgan fingerprint density at radius 1 is 1.16 bits per heavy atom. The summed E-state index contributed by atoms with van der Waals surface area (Å²) in [4.78, 5) is 32.3. The number of nitrogens with one attached hydrogen (secondary N) is 1. The minimum absolute atomic E-state index is 0.00752. The Bertz CT molecular complexity index is 1430. The number of nitrogens with zero attached hydrogens (tertiary/aromatic N) is 2. The molecule has 38 heavy (non-hydrogen) atoms.